The second-order valence-corrected chi connectivity index (χ2v) is 21.5. The van der Waals surface area contributed by atoms with Crippen LogP contribution in [-0.4, -0.2) is 109 Å². The number of aromatic nitrogens is 3. The Morgan fingerprint density at radius 1 is 0.894 bits per heavy atom. The highest BCUT2D eigenvalue weighted by Crippen LogP contribution is 2.48. The average molecular weight is 971 g/mol. The number of unbranched alkanes of at least 4 members (excludes halogenated alkanes) is 2. The van der Waals surface area contributed by atoms with Gasteiger partial charge in [0.15, 0.2) is 5.71 Å². The lowest BCUT2D eigenvalue weighted by molar-refractivity contribution is -0.438. The van der Waals surface area contributed by atoms with Crippen LogP contribution >= 0.6 is 0 Å². The molecule has 1 amide bonds. The Kier molecular flexibility index (Phi) is 17.3. The Labute approximate surface area is 386 Å². The van der Waals surface area contributed by atoms with Gasteiger partial charge in [0.1, 0.15) is 16.7 Å². The lowest BCUT2D eigenvalue weighted by Gasteiger charge is -2.27. The van der Waals surface area contributed by atoms with Gasteiger partial charge in [-0.15, -0.1) is 5.10 Å². The van der Waals surface area contributed by atoms with E-state index in [1.54, 1.807) is 29.0 Å². The molecule has 2 aromatic carbocycles. The highest BCUT2D eigenvalue weighted by molar-refractivity contribution is 7.86. The number of anilines is 1. The number of amides is 1. The summed E-state index contributed by atoms with van der Waals surface area (Å²) in [5.41, 5.74) is 11.9. The highest BCUT2D eigenvalue weighted by Gasteiger charge is 2.45. The fourth-order valence-corrected chi connectivity index (χ4v) is 9.72. The van der Waals surface area contributed by atoms with Gasteiger partial charge in [-0.3, -0.25) is 18.6 Å². The van der Waals surface area contributed by atoms with Crippen LogP contribution in [0.3, 0.4) is 0 Å². The normalized spacial score (nSPS) is 16.3. The molecular formula is C43H58N10O10S3. The number of nitrogens with one attached hydrogen (secondary N) is 2. The molecule has 0 unspecified atom stereocenters. The minimum atomic E-state index is -4.72. The summed E-state index contributed by atoms with van der Waals surface area (Å²) in [6.07, 6.45) is 14.9. The molecule has 5 rings (SSSR count). The van der Waals surface area contributed by atoms with Crippen LogP contribution in [-0.2, 0) is 59.1 Å². The molecule has 2 aliphatic rings. The third-order valence-electron chi connectivity index (χ3n) is 11.6. The first kappa shape index (κ1) is 51.7. The summed E-state index contributed by atoms with van der Waals surface area (Å²) in [5.74, 6) is -0.527. The van der Waals surface area contributed by atoms with Gasteiger partial charge in [-0.05, 0) is 100.0 Å². The zero-order valence-electron chi connectivity index (χ0n) is 37.5. The van der Waals surface area contributed by atoms with Gasteiger partial charge < -0.3 is 20.1 Å². The molecule has 3 heterocycles. The summed E-state index contributed by atoms with van der Waals surface area (Å²) in [6, 6.07) is 8.62. The Hall–Kier alpha value is -5.26. The van der Waals surface area contributed by atoms with Crippen molar-refractivity contribution < 1.29 is 48.3 Å². The smallest absolute Gasteiger partial charge is 0.294 e. The third-order valence-corrected chi connectivity index (χ3v) is 14.1. The zero-order valence-corrected chi connectivity index (χ0v) is 39.9. The predicted octanol–water partition coefficient (Wildman–Crippen LogP) is 5.43. The lowest BCUT2D eigenvalue weighted by Crippen LogP contribution is -2.28. The van der Waals surface area contributed by atoms with Crippen molar-refractivity contribution in [3.8, 4) is 0 Å². The molecule has 0 bridgehead atoms. The summed E-state index contributed by atoms with van der Waals surface area (Å²) in [6.45, 7) is 11.2. The number of allylic oxidation sites excluding steroid dienone is 6. The summed E-state index contributed by atoms with van der Waals surface area (Å²) in [4.78, 5) is 16.6. The fourth-order valence-electron chi connectivity index (χ4n) is 8.22. The number of nitrogens with zero attached hydrogens (tertiary/aromatic N) is 8. The van der Waals surface area contributed by atoms with Crippen molar-refractivity contribution in [2.75, 3.05) is 43.4 Å². The van der Waals surface area contributed by atoms with Crippen LogP contribution in [0.5, 0.6) is 0 Å². The quantitative estimate of drug-likeness (QED) is 0.0157. The van der Waals surface area contributed by atoms with Crippen molar-refractivity contribution in [3.05, 3.63) is 106 Å². The van der Waals surface area contributed by atoms with Gasteiger partial charge in [-0.25, -0.2) is 8.42 Å². The molecule has 0 fully saturated rings. The maximum atomic E-state index is 12.6. The van der Waals surface area contributed by atoms with Gasteiger partial charge in [0.2, 0.25) is 11.6 Å². The predicted molar refractivity (Wildman–Crippen MR) is 248 cm³/mol. The number of hydrogen-bond acceptors (Lipinski definition) is 13. The van der Waals surface area contributed by atoms with E-state index in [1.165, 1.54) is 24.3 Å². The van der Waals surface area contributed by atoms with E-state index >= 15 is 0 Å². The molecule has 2 aliphatic heterocycles. The second kappa shape index (κ2) is 22.0. The molecule has 0 saturated carbocycles. The van der Waals surface area contributed by atoms with Gasteiger partial charge in [0.05, 0.1) is 26.7 Å². The van der Waals surface area contributed by atoms with Crippen LogP contribution in [0.2, 0.25) is 0 Å². The molecule has 4 N–H and O–H groups in total. The number of rotatable bonds is 25. The molecule has 3 aromatic rings. The molecule has 1 aromatic heterocycles. The number of benzene rings is 2. The fraction of sp³-hybridized carbons (Fsp3) is 0.488. The SMILES string of the molecule is CC1(C)C(/C=C/C=C/C=C2/N(CCCS(=O)(=O)O)c3ccc(S(=O)(=O)O)cc3C2(C)C)=[N+](CCCCCC(=O)NCCCn2cc(CNCCCN=[N+]=[N-])nn2)c2ccc(S(=O)(=O)[O-])cc21. The lowest BCUT2D eigenvalue weighted by atomic mass is 9.81. The van der Waals surface area contributed by atoms with E-state index in [2.05, 4.69) is 35.5 Å². The first-order valence-electron chi connectivity index (χ1n) is 21.6. The Morgan fingerprint density at radius 3 is 2.35 bits per heavy atom. The Bertz CT molecular complexity index is 2770. The highest BCUT2D eigenvalue weighted by atomic mass is 32.2. The van der Waals surface area contributed by atoms with Gasteiger partial charge in [0, 0.05) is 91.2 Å². The first-order chi connectivity index (χ1) is 31.0. The minimum Gasteiger partial charge on any atom is -0.744 e. The van der Waals surface area contributed by atoms with Crippen LogP contribution in [0.4, 0.5) is 11.4 Å². The van der Waals surface area contributed by atoms with Crippen molar-refractivity contribution in [3.63, 3.8) is 0 Å². The van der Waals surface area contributed by atoms with Crippen molar-refractivity contribution in [2.24, 2.45) is 5.11 Å². The number of carbonyl (C=O) groups excluding carboxylic acids is 1. The van der Waals surface area contributed by atoms with Crippen LogP contribution in [0.25, 0.3) is 10.4 Å². The van der Waals surface area contributed by atoms with E-state index in [0.717, 1.165) is 35.6 Å². The van der Waals surface area contributed by atoms with E-state index in [0.29, 0.717) is 81.8 Å². The van der Waals surface area contributed by atoms with Crippen molar-refractivity contribution >= 4 is 53.3 Å². The molecule has 0 radical (unpaired) electrons. The first-order valence-corrected chi connectivity index (χ1v) is 26.0. The molecule has 66 heavy (non-hydrogen) atoms. The summed E-state index contributed by atoms with van der Waals surface area (Å²) in [5, 5.41) is 18.0. The molecule has 358 valence electrons. The average Bonchev–Trinajstić information content (AvgIpc) is 3.84. The van der Waals surface area contributed by atoms with Crippen molar-refractivity contribution in [1.29, 1.82) is 0 Å². The number of carbonyl (C=O) groups is 1. The summed E-state index contributed by atoms with van der Waals surface area (Å²) < 4.78 is 106. The van der Waals surface area contributed by atoms with E-state index in [4.69, 9.17) is 5.53 Å². The monoisotopic (exact) mass is 970 g/mol. The topological polar surface area (TPSA) is 293 Å². The third kappa shape index (κ3) is 13.7. The molecule has 23 heteroatoms. The van der Waals surface area contributed by atoms with E-state index in [1.807, 2.05) is 57.0 Å². The second-order valence-electron chi connectivity index (χ2n) is 17.1. The molecule has 0 saturated heterocycles. The molecule has 0 aliphatic carbocycles. The summed E-state index contributed by atoms with van der Waals surface area (Å²) in [7, 11) is -13.5. The molecular weight excluding hydrogens is 913 g/mol. The molecule has 20 nitrogen and oxygen atoms in total. The summed E-state index contributed by atoms with van der Waals surface area (Å²) >= 11 is 0. The van der Waals surface area contributed by atoms with E-state index < -0.39 is 46.9 Å². The Balaban J connectivity index is 1.23. The van der Waals surface area contributed by atoms with Crippen molar-refractivity contribution in [1.82, 2.24) is 25.6 Å². The number of azide groups is 1. The number of fused-ring (bicyclic) bond motifs is 2. The number of aryl methyl sites for hydroxylation is 1. The molecule has 0 atom stereocenters. The van der Waals surface area contributed by atoms with Crippen LogP contribution in [0.1, 0.15) is 89.5 Å². The Morgan fingerprint density at radius 2 is 1.64 bits per heavy atom. The number of hydrogen-bond donors (Lipinski definition) is 4. The molecule has 0 spiro atoms. The minimum absolute atomic E-state index is 0.0518. The standard InChI is InChI=1S/C43H58N10O10S3/c1-42(2)35-28-33(65(58,59)60)17-19-37(35)52(25-10-6-9-16-41(54)46-22-12-24-51-31-32(48-50-51)30-45-21-11-23-47-49-44)39(42)14-7-5-8-15-40-43(3,4)36-29-34(66(61,62)63)18-20-38(36)53(40)26-13-27-64(55,56)57/h5,7-8,14-15,17-20,28-29,31,45H,6,9-13,16,21-27,30H2,1-4H3,(H3-,46,54,55,56,57,58,59,60,61,62,63). The van der Waals surface area contributed by atoms with Crippen molar-refractivity contribution in [2.45, 2.75) is 106 Å². The van der Waals surface area contributed by atoms with Gasteiger partial charge >= 0.3 is 0 Å². The van der Waals surface area contributed by atoms with Crippen LogP contribution < -0.4 is 15.5 Å². The van der Waals surface area contributed by atoms with E-state index in [-0.39, 0.29) is 28.7 Å². The van der Waals surface area contributed by atoms with E-state index in [9.17, 15) is 43.7 Å². The maximum Gasteiger partial charge on any atom is 0.294 e. The zero-order chi connectivity index (χ0) is 48.3. The largest absolute Gasteiger partial charge is 0.744 e. The van der Waals surface area contributed by atoms with Crippen LogP contribution in [0, 0.1) is 0 Å². The van der Waals surface area contributed by atoms with Crippen LogP contribution in [0.15, 0.2) is 93.6 Å². The van der Waals surface area contributed by atoms with Gasteiger partial charge in [-0.1, -0.05) is 42.4 Å². The van der Waals surface area contributed by atoms with Gasteiger partial charge in [0.25, 0.3) is 20.2 Å². The maximum absolute atomic E-state index is 12.6. The van der Waals surface area contributed by atoms with Gasteiger partial charge in [-0.2, -0.15) is 21.4 Å².